The Bertz CT molecular complexity index is 1570. The molecule has 218 valence electrons. The van der Waals surface area contributed by atoms with Crippen molar-refractivity contribution in [3.05, 3.63) is 107 Å². The van der Waals surface area contributed by atoms with Crippen molar-refractivity contribution < 1.29 is 37.4 Å². The number of para-hydroxylation sites is 2. The third kappa shape index (κ3) is 6.73. The van der Waals surface area contributed by atoms with Crippen LogP contribution in [0.5, 0.6) is 0 Å². The molecule has 0 saturated heterocycles. The molecule has 0 atom stereocenters. The first-order valence-corrected chi connectivity index (χ1v) is 14.0. The van der Waals surface area contributed by atoms with E-state index in [9.17, 15) is 9.59 Å². The number of hydrogen-bond donors (Lipinski definition) is 0. The van der Waals surface area contributed by atoms with Crippen LogP contribution in [0.4, 0.5) is 0 Å². The summed E-state index contributed by atoms with van der Waals surface area (Å²) in [5.41, 5.74) is 3.99. The van der Waals surface area contributed by atoms with Crippen molar-refractivity contribution in [3.63, 3.8) is 0 Å². The van der Waals surface area contributed by atoms with Gasteiger partial charge in [-0.1, -0.05) is 54.6 Å². The van der Waals surface area contributed by atoms with Crippen molar-refractivity contribution >= 4 is 33.9 Å². The van der Waals surface area contributed by atoms with Crippen LogP contribution in [0.25, 0.3) is 21.9 Å². The van der Waals surface area contributed by atoms with Crippen LogP contribution < -0.4 is 0 Å². The van der Waals surface area contributed by atoms with Crippen LogP contribution in [0.2, 0.25) is 0 Å². The van der Waals surface area contributed by atoms with Crippen LogP contribution in [0, 0.1) is 0 Å². The minimum Gasteiger partial charge on any atom is -0.455 e. The number of benzene rings is 3. The highest BCUT2D eigenvalue weighted by atomic mass is 16.6. The summed E-state index contributed by atoms with van der Waals surface area (Å²) in [6.07, 6.45) is -0.0163. The van der Waals surface area contributed by atoms with Crippen molar-refractivity contribution in [2.75, 3.05) is 0 Å². The normalized spacial score (nSPS) is 11.6. The average molecular weight is 571 g/mol. The summed E-state index contributed by atoms with van der Waals surface area (Å²) in [6.45, 7) is 8.23. The van der Waals surface area contributed by atoms with E-state index >= 15 is 0 Å². The fourth-order valence-corrected chi connectivity index (χ4v) is 4.55. The smallest absolute Gasteiger partial charge is 0.374 e. The summed E-state index contributed by atoms with van der Waals surface area (Å²) in [5.74, 6) is -0.895. The van der Waals surface area contributed by atoms with Gasteiger partial charge in [0.1, 0.15) is 24.4 Å². The SMILES string of the molecule is CC(C)OCc1c(C(=O)OCc2cccc(COC(=O)c3oc4ccccc4c3COC(C)C)c2)oc2ccccc12. The summed E-state index contributed by atoms with van der Waals surface area (Å²) in [4.78, 5) is 26.1. The van der Waals surface area contributed by atoms with Gasteiger partial charge in [-0.3, -0.25) is 0 Å². The fourth-order valence-electron chi connectivity index (χ4n) is 4.55. The molecule has 0 saturated carbocycles. The van der Waals surface area contributed by atoms with E-state index in [1.54, 1.807) is 12.1 Å². The highest BCUT2D eigenvalue weighted by Gasteiger charge is 2.24. The molecule has 2 heterocycles. The van der Waals surface area contributed by atoms with E-state index in [1.807, 2.05) is 88.4 Å². The molecule has 0 radical (unpaired) electrons. The lowest BCUT2D eigenvalue weighted by atomic mass is 10.1. The molecule has 0 aliphatic heterocycles. The van der Waals surface area contributed by atoms with Gasteiger partial charge in [0.05, 0.1) is 25.4 Å². The van der Waals surface area contributed by atoms with Crippen molar-refractivity contribution in [3.8, 4) is 0 Å². The second-order valence-electron chi connectivity index (χ2n) is 10.5. The van der Waals surface area contributed by atoms with Gasteiger partial charge in [0, 0.05) is 21.9 Å². The van der Waals surface area contributed by atoms with E-state index in [1.165, 1.54) is 0 Å². The summed E-state index contributed by atoms with van der Waals surface area (Å²) >= 11 is 0. The Labute approximate surface area is 244 Å². The maximum atomic E-state index is 13.0. The molecule has 0 aliphatic rings. The minimum atomic E-state index is -0.577. The van der Waals surface area contributed by atoms with Crippen molar-refractivity contribution in [1.29, 1.82) is 0 Å². The Kier molecular flexibility index (Phi) is 9.05. The molecule has 0 aliphatic carbocycles. The van der Waals surface area contributed by atoms with Gasteiger partial charge in [0.25, 0.3) is 0 Å². The Morgan fingerprint density at radius 1 is 0.595 bits per heavy atom. The maximum absolute atomic E-state index is 13.0. The molecule has 0 fully saturated rings. The Morgan fingerprint density at radius 2 is 1.02 bits per heavy atom. The lowest BCUT2D eigenvalue weighted by molar-refractivity contribution is 0.0410. The van der Waals surface area contributed by atoms with E-state index in [2.05, 4.69) is 0 Å². The molecule has 8 nitrogen and oxygen atoms in total. The first-order chi connectivity index (χ1) is 20.3. The molecular formula is C34H34O8. The molecule has 5 rings (SSSR count). The number of ether oxygens (including phenoxy) is 4. The second-order valence-corrected chi connectivity index (χ2v) is 10.5. The van der Waals surface area contributed by atoms with E-state index in [0.29, 0.717) is 22.3 Å². The highest BCUT2D eigenvalue weighted by molar-refractivity contribution is 5.96. The van der Waals surface area contributed by atoms with Crippen LogP contribution >= 0.6 is 0 Å². The van der Waals surface area contributed by atoms with E-state index in [0.717, 1.165) is 21.9 Å². The molecule has 0 bridgehead atoms. The Balaban J connectivity index is 1.25. The summed E-state index contributed by atoms with van der Waals surface area (Å²) in [5, 5.41) is 1.63. The molecule has 0 N–H and O–H groups in total. The fraction of sp³-hybridized carbons (Fsp3) is 0.294. The van der Waals surface area contributed by atoms with Crippen molar-refractivity contribution in [2.24, 2.45) is 0 Å². The van der Waals surface area contributed by atoms with Crippen LogP contribution in [-0.4, -0.2) is 24.1 Å². The molecule has 0 spiro atoms. The zero-order chi connectivity index (χ0) is 29.6. The molecule has 42 heavy (non-hydrogen) atoms. The maximum Gasteiger partial charge on any atom is 0.374 e. The lowest BCUT2D eigenvalue weighted by Crippen LogP contribution is -2.10. The second kappa shape index (κ2) is 13.1. The minimum absolute atomic E-state index is 0.00817. The van der Waals surface area contributed by atoms with Crippen LogP contribution in [0.3, 0.4) is 0 Å². The molecule has 0 unspecified atom stereocenters. The summed E-state index contributed by atoms with van der Waals surface area (Å²) < 4.78 is 34.4. The summed E-state index contributed by atoms with van der Waals surface area (Å²) in [7, 11) is 0. The third-order valence-corrected chi connectivity index (χ3v) is 6.62. The molecule has 3 aromatic carbocycles. The number of carbonyl (C=O) groups excluding carboxylic acids is 2. The molecule has 2 aromatic heterocycles. The van der Waals surface area contributed by atoms with Gasteiger partial charge in [-0.25, -0.2) is 9.59 Å². The lowest BCUT2D eigenvalue weighted by Gasteiger charge is -2.10. The van der Waals surface area contributed by atoms with E-state index in [4.69, 9.17) is 27.8 Å². The van der Waals surface area contributed by atoms with Gasteiger partial charge >= 0.3 is 11.9 Å². The summed E-state index contributed by atoms with van der Waals surface area (Å²) in [6, 6.07) is 22.2. The van der Waals surface area contributed by atoms with Crippen LogP contribution in [-0.2, 0) is 45.4 Å². The number of esters is 2. The highest BCUT2D eigenvalue weighted by Crippen LogP contribution is 2.29. The number of hydrogen-bond acceptors (Lipinski definition) is 8. The molecular weight excluding hydrogens is 536 g/mol. The molecule has 5 aromatic rings. The number of carbonyl (C=O) groups is 2. The van der Waals surface area contributed by atoms with Crippen molar-refractivity contribution in [1.82, 2.24) is 0 Å². The first kappa shape index (κ1) is 29.1. The van der Waals surface area contributed by atoms with Gasteiger partial charge in [0.15, 0.2) is 0 Å². The Hall–Kier alpha value is -4.40. The number of fused-ring (bicyclic) bond motifs is 2. The predicted molar refractivity (Wildman–Crippen MR) is 157 cm³/mol. The van der Waals surface area contributed by atoms with Gasteiger partial charge in [0.2, 0.25) is 11.5 Å². The topological polar surface area (TPSA) is 97.3 Å². The van der Waals surface area contributed by atoms with Gasteiger partial charge < -0.3 is 27.8 Å². The van der Waals surface area contributed by atoms with Crippen LogP contribution in [0.15, 0.2) is 81.6 Å². The van der Waals surface area contributed by atoms with Crippen LogP contribution in [0.1, 0.15) is 71.1 Å². The zero-order valence-corrected chi connectivity index (χ0v) is 24.2. The largest absolute Gasteiger partial charge is 0.455 e. The average Bonchev–Trinajstić information content (AvgIpc) is 3.55. The third-order valence-electron chi connectivity index (χ3n) is 6.62. The van der Waals surface area contributed by atoms with Gasteiger partial charge in [-0.05, 0) is 57.0 Å². The quantitative estimate of drug-likeness (QED) is 0.141. The molecule has 0 amide bonds. The number of rotatable bonds is 12. The van der Waals surface area contributed by atoms with Crippen molar-refractivity contribution in [2.45, 2.75) is 66.3 Å². The first-order valence-electron chi connectivity index (χ1n) is 14.0. The number of furan rings is 2. The van der Waals surface area contributed by atoms with E-state index < -0.39 is 11.9 Å². The monoisotopic (exact) mass is 570 g/mol. The molecule has 8 heteroatoms. The van der Waals surface area contributed by atoms with E-state index in [-0.39, 0.29) is 50.2 Å². The Morgan fingerprint density at radius 3 is 1.45 bits per heavy atom. The zero-order valence-electron chi connectivity index (χ0n) is 24.2. The standard InChI is InChI=1S/C34H34O8/c1-21(2)37-19-27-25-12-5-7-14-29(25)41-31(27)33(35)39-17-23-10-9-11-24(16-23)18-40-34(36)32-28(20-38-22(3)4)26-13-6-8-15-30(26)42-32/h5-16,21-22H,17-20H2,1-4H3. The van der Waals surface area contributed by atoms with Gasteiger partial charge in [-0.2, -0.15) is 0 Å². The van der Waals surface area contributed by atoms with Gasteiger partial charge in [-0.15, -0.1) is 0 Å². The predicted octanol–water partition coefficient (Wildman–Crippen LogP) is 7.74.